The van der Waals surface area contributed by atoms with Crippen molar-refractivity contribution in [2.75, 3.05) is 7.11 Å². The molecule has 1 saturated heterocycles. The molecule has 0 saturated carbocycles. The van der Waals surface area contributed by atoms with Crippen molar-refractivity contribution >= 4 is 27.7 Å². The van der Waals surface area contributed by atoms with Gasteiger partial charge in [-0.15, -0.1) is 0 Å². The Morgan fingerprint density at radius 1 is 1.33 bits per heavy atom. The number of aromatic nitrogens is 1. The summed E-state index contributed by atoms with van der Waals surface area (Å²) in [7, 11) is 1.55. The number of halogens is 1. The van der Waals surface area contributed by atoms with Crippen LogP contribution in [-0.2, 0) is 16.1 Å². The maximum Gasteiger partial charge on any atom is 0.229 e. The van der Waals surface area contributed by atoms with E-state index in [0.29, 0.717) is 35.3 Å². The van der Waals surface area contributed by atoms with E-state index in [-0.39, 0.29) is 18.4 Å². The molecule has 0 radical (unpaired) electrons. The number of carbonyl (C=O) groups is 2. The molecular weight excluding hydrogens is 300 g/mol. The maximum atomic E-state index is 11.7. The lowest BCUT2D eigenvalue weighted by Crippen LogP contribution is -2.39. The normalized spacial score (nSPS) is 16.0. The van der Waals surface area contributed by atoms with Crippen molar-refractivity contribution in [3.63, 3.8) is 0 Å². The monoisotopic (exact) mass is 312 g/mol. The number of pyridine rings is 1. The van der Waals surface area contributed by atoms with Gasteiger partial charge in [0.15, 0.2) is 5.75 Å². The first-order chi connectivity index (χ1) is 8.61. The molecule has 2 rings (SSSR count). The third-order valence-corrected chi connectivity index (χ3v) is 3.36. The topological polar surface area (TPSA) is 59.5 Å². The van der Waals surface area contributed by atoms with Crippen LogP contribution in [0.3, 0.4) is 0 Å². The number of imide groups is 1. The molecule has 96 valence electrons. The second kappa shape index (κ2) is 5.48. The van der Waals surface area contributed by atoms with Crippen molar-refractivity contribution in [3.8, 4) is 5.75 Å². The van der Waals surface area contributed by atoms with Crippen LogP contribution in [0, 0.1) is 0 Å². The van der Waals surface area contributed by atoms with E-state index in [1.807, 2.05) is 0 Å². The van der Waals surface area contributed by atoms with Gasteiger partial charge in [-0.1, -0.05) is 0 Å². The Balaban J connectivity index is 2.15. The Bertz CT molecular complexity index is 474. The summed E-state index contributed by atoms with van der Waals surface area (Å²) in [6.45, 7) is 0.222. The molecule has 18 heavy (non-hydrogen) atoms. The Hall–Kier alpha value is -1.43. The minimum absolute atomic E-state index is 0.125. The summed E-state index contributed by atoms with van der Waals surface area (Å²) in [6.07, 6.45) is 1.51. The van der Waals surface area contributed by atoms with Crippen LogP contribution in [-0.4, -0.2) is 28.8 Å². The van der Waals surface area contributed by atoms with Crippen LogP contribution in [0.1, 0.15) is 25.0 Å². The van der Waals surface area contributed by atoms with E-state index in [9.17, 15) is 9.59 Å². The van der Waals surface area contributed by atoms with Crippen molar-refractivity contribution in [1.82, 2.24) is 9.88 Å². The maximum absolute atomic E-state index is 11.7. The fourth-order valence-electron chi connectivity index (χ4n) is 1.84. The number of rotatable bonds is 3. The molecule has 2 heterocycles. The highest BCUT2D eigenvalue weighted by molar-refractivity contribution is 9.10. The molecule has 1 aliphatic heterocycles. The first kappa shape index (κ1) is 13.0. The molecule has 1 aromatic heterocycles. The van der Waals surface area contributed by atoms with Crippen LogP contribution >= 0.6 is 15.9 Å². The van der Waals surface area contributed by atoms with E-state index in [2.05, 4.69) is 20.9 Å². The molecule has 1 aromatic rings. The van der Waals surface area contributed by atoms with Gasteiger partial charge in [0, 0.05) is 12.8 Å². The van der Waals surface area contributed by atoms with Gasteiger partial charge >= 0.3 is 0 Å². The highest BCUT2D eigenvalue weighted by Gasteiger charge is 2.26. The molecule has 1 aliphatic rings. The summed E-state index contributed by atoms with van der Waals surface area (Å²) in [5, 5.41) is 0. The Morgan fingerprint density at radius 2 is 2.00 bits per heavy atom. The quantitative estimate of drug-likeness (QED) is 0.631. The van der Waals surface area contributed by atoms with Crippen molar-refractivity contribution in [3.05, 3.63) is 22.4 Å². The van der Waals surface area contributed by atoms with Crippen molar-refractivity contribution in [1.29, 1.82) is 0 Å². The van der Waals surface area contributed by atoms with E-state index in [1.54, 1.807) is 19.2 Å². The Labute approximate surface area is 113 Å². The average molecular weight is 313 g/mol. The molecule has 0 aromatic carbocycles. The van der Waals surface area contributed by atoms with Crippen LogP contribution in [0.4, 0.5) is 0 Å². The minimum atomic E-state index is -0.125. The number of ether oxygens (including phenoxy) is 1. The van der Waals surface area contributed by atoms with Gasteiger partial charge in [0.25, 0.3) is 0 Å². The minimum Gasteiger partial charge on any atom is -0.494 e. The predicted molar refractivity (Wildman–Crippen MR) is 67.9 cm³/mol. The van der Waals surface area contributed by atoms with Crippen molar-refractivity contribution < 1.29 is 14.3 Å². The molecule has 6 heteroatoms. The summed E-state index contributed by atoms with van der Waals surface area (Å²) in [5.74, 6) is 0.370. The summed E-state index contributed by atoms with van der Waals surface area (Å²) in [4.78, 5) is 28.8. The fraction of sp³-hybridized carbons (Fsp3) is 0.417. The number of amides is 2. The first-order valence-corrected chi connectivity index (χ1v) is 6.43. The number of likely N-dealkylation sites (tertiary alicyclic amines) is 1. The predicted octanol–water partition coefficient (Wildman–Crippen LogP) is 1.89. The average Bonchev–Trinajstić information content (AvgIpc) is 2.34. The molecule has 1 fully saturated rings. The van der Waals surface area contributed by atoms with Gasteiger partial charge < -0.3 is 4.74 Å². The van der Waals surface area contributed by atoms with Crippen molar-refractivity contribution in [2.24, 2.45) is 0 Å². The van der Waals surface area contributed by atoms with Gasteiger partial charge in [-0.25, -0.2) is 4.98 Å². The first-order valence-electron chi connectivity index (χ1n) is 5.64. The SMILES string of the molecule is COc1ccc(CN2C(=O)CCCC2=O)nc1Br. The van der Waals surface area contributed by atoms with Crippen LogP contribution in [0.5, 0.6) is 5.75 Å². The second-order valence-electron chi connectivity index (χ2n) is 4.02. The van der Waals surface area contributed by atoms with Gasteiger partial charge in [-0.3, -0.25) is 14.5 Å². The van der Waals surface area contributed by atoms with E-state index in [1.165, 1.54) is 4.90 Å². The van der Waals surface area contributed by atoms with Gasteiger partial charge in [0.05, 0.1) is 19.3 Å². The molecule has 0 unspecified atom stereocenters. The van der Waals surface area contributed by atoms with E-state index in [4.69, 9.17) is 4.74 Å². The van der Waals surface area contributed by atoms with Crippen molar-refractivity contribution in [2.45, 2.75) is 25.8 Å². The molecule has 0 atom stereocenters. The highest BCUT2D eigenvalue weighted by Crippen LogP contribution is 2.23. The number of piperidine rings is 1. The largest absolute Gasteiger partial charge is 0.494 e. The van der Waals surface area contributed by atoms with Gasteiger partial charge in [-0.2, -0.15) is 0 Å². The van der Waals surface area contributed by atoms with Crippen LogP contribution < -0.4 is 4.74 Å². The Kier molecular flexibility index (Phi) is 3.96. The third kappa shape index (κ3) is 2.69. The number of hydrogen-bond donors (Lipinski definition) is 0. The lowest BCUT2D eigenvalue weighted by atomic mass is 10.1. The summed E-state index contributed by atoms with van der Waals surface area (Å²) >= 11 is 3.28. The molecule has 2 amide bonds. The van der Waals surface area contributed by atoms with Crippen LogP contribution in [0.25, 0.3) is 0 Å². The Morgan fingerprint density at radius 3 is 2.56 bits per heavy atom. The van der Waals surface area contributed by atoms with Gasteiger partial charge in [0.2, 0.25) is 11.8 Å². The van der Waals surface area contributed by atoms with E-state index in [0.717, 1.165) is 0 Å². The number of methoxy groups -OCH3 is 1. The smallest absolute Gasteiger partial charge is 0.229 e. The van der Waals surface area contributed by atoms with Gasteiger partial charge in [0.1, 0.15) is 4.60 Å². The number of hydrogen-bond acceptors (Lipinski definition) is 4. The van der Waals surface area contributed by atoms with Crippen LogP contribution in [0.15, 0.2) is 16.7 Å². The molecular formula is C12H13BrN2O3. The lowest BCUT2D eigenvalue weighted by molar-refractivity contribution is -0.148. The molecule has 0 bridgehead atoms. The molecule has 0 spiro atoms. The lowest BCUT2D eigenvalue weighted by Gasteiger charge is -2.24. The zero-order valence-electron chi connectivity index (χ0n) is 9.98. The third-order valence-electron chi connectivity index (χ3n) is 2.80. The van der Waals surface area contributed by atoms with E-state index < -0.39 is 0 Å². The van der Waals surface area contributed by atoms with Crippen LogP contribution in [0.2, 0.25) is 0 Å². The number of nitrogens with zero attached hydrogens (tertiary/aromatic N) is 2. The zero-order valence-corrected chi connectivity index (χ0v) is 11.6. The van der Waals surface area contributed by atoms with E-state index >= 15 is 0 Å². The summed E-state index contributed by atoms with van der Waals surface area (Å²) in [6, 6.07) is 3.50. The molecule has 0 aliphatic carbocycles. The van der Waals surface area contributed by atoms with Gasteiger partial charge in [-0.05, 0) is 34.5 Å². The summed E-state index contributed by atoms with van der Waals surface area (Å²) < 4.78 is 5.64. The molecule has 5 nitrogen and oxygen atoms in total. The standard InChI is InChI=1S/C12H13BrN2O3/c1-18-9-6-5-8(14-12(9)13)7-15-10(16)3-2-4-11(15)17/h5-6H,2-4,7H2,1H3. The second-order valence-corrected chi connectivity index (χ2v) is 4.77. The fourth-order valence-corrected chi connectivity index (χ4v) is 2.36. The molecule has 0 N–H and O–H groups in total. The zero-order chi connectivity index (χ0) is 13.1. The highest BCUT2D eigenvalue weighted by atomic mass is 79.9. The summed E-state index contributed by atoms with van der Waals surface area (Å²) in [5.41, 5.74) is 0.659. The number of carbonyl (C=O) groups excluding carboxylic acids is 2.